The second-order valence-electron chi connectivity index (χ2n) is 14.0. The van der Waals surface area contributed by atoms with Crippen molar-refractivity contribution in [2.24, 2.45) is 0 Å². The van der Waals surface area contributed by atoms with Gasteiger partial charge in [-0.1, -0.05) is 36.4 Å². The monoisotopic (exact) mass is 814 g/mol. The normalized spacial score (nSPS) is 10.7. The molecule has 0 aliphatic carbocycles. The summed E-state index contributed by atoms with van der Waals surface area (Å²) < 4.78 is 58.8. The maximum absolute atomic E-state index is 6.60. The summed E-state index contributed by atoms with van der Waals surface area (Å²) in [5, 5.41) is 0. The molecule has 0 bridgehead atoms. The molecule has 0 heterocycles. The number of aryl methyl sites for hydroxylation is 6. The molecule has 0 aliphatic heterocycles. The summed E-state index contributed by atoms with van der Waals surface area (Å²) >= 11 is 0. The zero-order valence-electron chi connectivity index (χ0n) is 35.7. The quantitative estimate of drug-likeness (QED) is 0.0699. The van der Waals surface area contributed by atoms with E-state index in [1.165, 1.54) is 11.1 Å². The Labute approximate surface area is 353 Å². The summed E-state index contributed by atoms with van der Waals surface area (Å²) in [6.45, 7) is 0. The third kappa shape index (κ3) is 10.7. The van der Waals surface area contributed by atoms with Crippen LogP contribution < -0.4 is 47.4 Å². The lowest BCUT2D eigenvalue weighted by Crippen LogP contribution is -2.01. The van der Waals surface area contributed by atoms with E-state index in [4.69, 9.17) is 47.4 Å². The largest absolute Gasteiger partial charge is 0.497 e. The molecular weight excluding hydrogens is 761 g/mol. The molecule has 60 heavy (non-hydrogen) atoms. The molecule has 0 radical (unpaired) electrons. The van der Waals surface area contributed by atoms with Crippen molar-refractivity contribution in [3.05, 3.63) is 143 Å². The van der Waals surface area contributed by atoms with Crippen molar-refractivity contribution < 1.29 is 47.4 Å². The standard InChI is InChI=1S/C50H54O10/c1-51-39-13-9-11-33(25-39)15-17-35-21-23-41(53-3)43(27-35)59-47-31-37(29-45(55-5)49(47)57-7)19-20-38-30-46(56-6)50(58-8)48(32-38)60-44-28-36(22-24-42(44)54-4)18-16-34-12-10-14-40(26-34)52-2/h9-14,21-32H,15-20H2,1-8H3. The van der Waals surface area contributed by atoms with E-state index in [9.17, 15) is 0 Å². The molecule has 0 aliphatic rings. The molecule has 6 aromatic rings. The van der Waals surface area contributed by atoms with Gasteiger partial charge in [0.1, 0.15) is 11.5 Å². The van der Waals surface area contributed by atoms with Gasteiger partial charge in [0.05, 0.1) is 56.9 Å². The molecule has 10 heteroatoms. The van der Waals surface area contributed by atoms with E-state index in [0.717, 1.165) is 59.4 Å². The van der Waals surface area contributed by atoms with Crippen molar-refractivity contribution in [2.45, 2.75) is 38.5 Å². The number of hydrogen-bond donors (Lipinski definition) is 0. The van der Waals surface area contributed by atoms with E-state index in [1.807, 2.05) is 72.8 Å². The molecular formula is C50H54O10. The lowest BCUT2D eigenvalue weighted by molar-refractivity contribution is 0.328. The van der Waals surface area contributed by atoms with Crippen LogP contribution in [0.15, 0.2) is 109 Å². The predicted octanol–water partition coefficient (Wildman–Crippen LogP) is 10.7. The van der Waals surface area contributed by atoms with Crippen LogP contribution in [0.5, 0.6) is 69.0 Å². The van der Waals surface area contributed by atoms with Crippen LogP contribution in [0.4, 0.5) is 0 Å². The average molecular weight is 815 g/mol. The fourth-order valence-corrected chi connectivity index (χ4v) is 7.08. The third-order valence-corrected chi connectivity index (χ3v) is 10.3. The average Bonchev–Trinajstić information content (AvgIpc) is 3.29. The minimum atomic E-state index is 0.478. The molecule has 0 unspecified atom stereocenters. The number of rotatable bonds is 21. The molecule has 0 spiro atoms. The van der Waals surface area contributed by atoms with Crippen LogP contribution >= 0.6 is 0 Å². The van der Waals surface area contributed by atoms with Gasteiger partial charge in [-0.15, -0.1) is 0 Å². The summed E-state index contributed by atoms with van der Waals surface area (Å²) in [5.74, 6) is 7.08. The first-order valence-corrected chi connectivity index (χ1v) is 19.8. The predicted molar refractivity (Wildman–Crippen MR) is 233 cm³/mol. The first kappa shape index (κ1) is 42.9. The minimum absolute atomic E-state index is 0.478. The highest BCUT2D eigenvalue weighted by molar-refractivity contribution is 5.59. The highest BCUT2D eigenvalue weighted by Crippen LogP contribution is 2.45. The Morgan fingerprint density at radius 3 is 0.950 bits per heavy atom. The summed E-state index contributed by atoms with van der Waals surface area (Å²) in [4.78, 5) is 0. The van der Waals surface area contributed by atoms with E-state index < -0.39 is 0 Å². The van der Waals surface area contributed by atoms with Crippen molar-refractivity contribution in [3.8, 4) is 69.0 Å². The van der Waals surface area contributed by atoms with Crippen molar-refractivity contribution in [2.75, 3.05) is 56.9 Å². The van der Waals surface area contributed by atoms with Gasteiger partial charge in [-0.2, -0.15) is 0 Å². The van der Waals surface area contributed by atoms with Gasteiger partial charge in [0.2, 0.25) is 11.5 Å². The first-order valence-electron chi connectivity index (χ1n) is 19.8. The highest BCUT2D eigenvalue weighted by Gasteiger charge is 2.20. The van der Waals surface area contributed by atoms with E-state index in [0.29, 0.717) is 70.3 Å². The molecule has 0 N–H and O–H groups in total. The Morgan fingerprint density at radius 2 is 0.600 bits per heavy atom. The van der Waals surface area contributed by atoms with Gasteiger partial charge in [0, 0.05) is 0 Å². The van der Waals surface area contributed by atoms with Gasteiger partial charge >= 0.3 is 0 Å². The van der Waals surface area contributed by atoms with Gasteiger partial charge in [0.25, 0.3) is 0 Å². The van der Waals surface area contributed by atoms with Gasteiger partial charge in [-0.25, -0.2) is 0 Å². The number of methoxy groups -OCH3 is 8. The summed E-state index contributed by atoms with van der Waals surface area (Å²) in [5.41, 5.74) is 6.51. The molecule has 0 amide bonds. The van der Waals surface area contributed by atoms with Gasteiger partial charge in [-0.05, 0) is 145 Å². The Kier molecular flexibility index (Phi) is 14.9. The van der Waals surface area contributed by atoms with Crippen LogP contribution in [0.2, 0.25) is 0 Å². The topological polar surface area (TPSA) is 92.3 Å². The second kappa shape index (κ2) is 20.8. The van der Waals surface area contributed by atoms with Crippen molar-refractivity contribution >= 4 is 0 Å². The number of benzene rings is 6. The van der Waals surface area contributed by atoms with Crippen LogP contribution in [0.25, 0.3) is 0 Å². The lowest BCUT2D eigenvalue weighted by Gasteiger charge is -2.19. The first-order chi connectivity index (χ1) is 29.3. The number of ether oxygens (including phenoxy) is 10. The van der Waals surface area contributed by atoms with E-state index in [-0.39, 0.29) is 0 Å². The lowest BCUT2D eigenvalue weighted by atomic mass is 10.0. The van der Waals surface area contributed by atoms with Crippen LogP contribution in [0.1, 0.15) is 33.4 Å². The van der Waals surface area contributed by atoms with E-state index >= 15 is 0 Å². The SMILES string of the molecule is COc1cccc(CCc2ccc(OC)c(Oc3cc(CCc4cc(OC)c(OC)c(Oc5cc(CCc6cccc(OC)c6)ccc5OC)c4)cc(OC)c3OC)c2)c1. The van der Waals surface area contributed by atoms with E-state index in [1.54, 1.807) is 56.9 Å². The smallest absolute Gasteiger partial charge is 0.203 e. The van der Waals surface area contributed by atoms with Gasteiger partial charge < -0.3 is 47.4 Å². The Bertz CT molecular complexity index is 2190. The minimum Gasteiger partial charge on any atom is -0.497 e. The van der Waals surface area contributed by atoms with Crippen molar-refractivity contribution in [1.29, 1.82) is 0 Å². The van der Waals surface area contributed by atoms with Gasteiger partial charge in [-0.3, -0.25) is 0 Å². The zero-order chi connectivity index (χ0) is 42.4. The third-order valence-electron chi connectivity index (χ3n) is 10.3. The zero-order valence-corrected chi connectivity index (χ0v) is 35.7. The molecule has 0 atom stereocenters. The number of hydrogen-bond acceptors (Lipinski definition) is 10. The Hall–Kier alpha value is -6.68. The fourth-order valence-electron chi connectivity index (χ4n) is 7.08. The Morgan fingerprint density at radius 1 is 0.267 bits per heavy atom. The maximum Gasteiger partial charge on any atom is 0.203 e. The summed E-state index contributed by atoms with van der Waals surface area (Å²) in [6, 6.07) is 36.1. The van der Waals surface area contributed by atoms with E-state index in [2.05, 4.69) is 36.4 Å². The van der Waals surface area contributed by atoms with Gasteiger partial charge in [0.15, 0.2) is 46.0 Å². The maximum atomic E-state index is 6.60. The van der Waals surface area contributed by atoms with Crippen LogP contribution in [0.3, 0.4) is 0 Å². The Balaban J connectivity index is 1.23. The molecule has 0 saturated carbocycles. The molecule has 0 saturated heterocycles. The second-order valence-corrected chi connectivity index (χ2v) is 14.0. The summed E-state index contributed by atoms with van der Waals surface area (Å²) in [6.07, 6.45) is 4.53. The highest BCUT2D eigenvalue weighted by atomic mass is 16.6. The molecule has 6 aromatic carbocycles. The molecule has 0 aromatic heterocycles. The molecule has 0 fully saturated rings. The van der Waals surface area contributed by atoms with Crippen LogP contribution in [0, 0.1) is 0 Å². The fraction of sp³-hybridized carbons (Fsp3) is 0.280. The molecule has 10 nitrogen and oxygen atoms in total. The van der Waals surface area contributed by atoms with Crippen molar-refractivity contribution in [1.82, 2.24) is 0 Å². The molecule has 314 valence electrons. The summed E-state index contributed by atoms with van der Waals surface area (Å²) in [7, 11) is 13.0. The molecule has 6 rings (SSSR count). The van der Waals surface area contributed by atoms with Crippen molar-refractivity contribution in [3.63, 3.8) is 0 Å². The van der Waals surface area contributed by atoms with Crippen LogP contribution in [-0.2, 0) is 38.5 Å². The van der Waals surface area contributed by atoms with Crippen LogP contribution in [-0.4, -0.2) is 56.9 Å².